The molecule has 22 heavy (non-hydrogen) atoms. The van der Waals surface area contributed by atoms with Gasteiger partial charge in [0.05, 0.1) is 19.8 Å². The average Bonchev–Trinajstić information content (AvgIpc) is 2.51. The van der Waals surface area contributed by atoms with Crippen LogP contribution in [0.25, 0.3) is 0 Å². The van der Waals surface area contributed by atoms with E-state index >= 15 is 0 Å². The summed E-state index contributed by atoms with van der Waals surface area (Å²) >= 11 is 0. The molecule has 0 bridgehead atoms. The Labute approximate surface area is 135 Å². The van der Waals surface area contributed by atoms with Crippen LogP contribution in [0.4, 0.5) is 4.79 Å². The first kappa shape index (κ1) is 18.9. The number of hydrogen-bond acceptors (Lipinski definition) is 3. The fourth-order valence-corrected chi connectivity index (χ4v) is 2.52. The van der Waals surface area contributed by atoms with E-state index in [1.165, 1.54) is 19.3 Å². The first-order valence-corrected chi connectivity index (χ1v) is 8.62. The van der Waals surface area contributed by atoms with Gasteiger partial charge in [0, 0.05) is 19.0 Å². The van der Waals surface area contributed by atoms with Gasteiger partial charge < -0.3 is 14.4 Å². The highest BCUT2D eigenvalue weighted by Gasteiger charge is 2.19. The Kier molecular flexibility index (Phi) is 9.13. The fraction of sp³-hybridized carbons (Fsp3) is 0.882. The lowest BCUT2D eigenvalue weighted by Gasteiger charge is -2.31. The molecule has 1 atom stereocenters. The molecule has 1 saturated heterocycles. The van der Waals surface area contributed by atoms with E-state index in [2.05, 4.69) is 37.6 Å². The number of ether oxygens (including phenoxy) is 2. The van der Waals surface area contributed by atoms with Crippen molar-refractivity contribution >= 4 is 11.9 Å². The molecule has 1 amide bonds. The van der Waals surface area contributed by atoms with Gasteiger partial charge in [-0.25, -0.2) is 4.79 Å². The second kappa shape index (κ2) is 10.6. The SMILES string of the molecule is CCCCCC(C)COC(=O)/N=C(/C(C)C)N1CCOCC1. The van der Waals surface area contributed by atoms with Gasteiger partial charge in [-0.3, -0.25) is 0 Å². The number of aliphatic imine (C=N–C) groups is 1. The first-order chi connectivity index (χ1) is 10.5. The average molecular weight is 312 g/mol. The largest absolute Gasteiger partial charge is 0.448 e. The molecule has 0 spiro atoms. The van der Waals surface area contributed by atoms with Crippen LogP contribution < -0.4 is 0 Å². The van der Waals surface area contributed by atoms with E-state index in [1.807, 2.05) is 0 Å². The van der Waals surface area contributed by atoms with Gasteiger partial charge in [0.1, 0.15) is 5.84 Å². The standard InChI is InChI=1S/C17H32N2O3/c1-5-6-7-8-15(4)13-22-17(20)18-16(14(2)3)19-9-11-21-12-10-19/h14-15H,5-13H2,1-4H3/b18-16-. The number of amides is 1. The van der Waals surface area contributed by atoms with Crippen LogP contribution in [0.3, 0.4) is 0 Å². The lowest BCUT2D eigenvalue weighted by atomic mass is 10.0. The number of unbranched alkanes of at least 4 members (excludes halogenated alkanes) is 2. The van der Waals surface area contributed by atoms with Crippen molar-refractivity contribution in [2.75, 3.05) is 32.9 Å². The summed E-state index contributed by atoms with van der Waals surface area (Å²) in [6.45, 7) is 11.8. The van der Waals surface area contributed by atoms with E-state index < -0.39 is 6.09 Å². The number of rotatable bonds is 7. The molecule has 128 valence electrons. The van der Waals surface area contributed by atoms with Gasteiger partial charge in [-0.1, -0.05) is 47.0 Å². The van der Waals surface area contributed by atoms with Crippen molar-refractivity contribution in [3.05, 3.63) is 0 Å². The minimum atomic E-state index is -0.461. The summed E-state index contributed by atoms with van der Waals surface area (Å²) in [4.78, 5) is 18.3. The van der Waals surface area contributed by atoms with Crippen LogP contribution in [0.1, 0.15) is 53.4 Å². The molecule has 0 saturated carbocycles. The number of nitrogens with zero attached hydrogens (tertiary/aromatic N) is 2. The summed E-state index contributed by atoms with van der Waals surface area (Å²) in [6, 6.07) is 0. The van der Waals surface area contributed by atoms with Crippen molar-refractivity contribution in [3.8, 4) is 0 Å². The van der Waals surface area contributed by atoms with E-state index in [-0.39, 0.29) is 5.92 Å². The van der Waals surface area contributed by atoms with Gasteiger partial charge in [-0.2, -0.15) is 4.99 Å². The molecule has 0 N–H and O–H groups in total. The third kappa shape index (κ3) is 7.25. The van der Waals surface area contributed by atoms with Crippen molar-refractivity contribution in [3.63, 3.8) is 0 Å². The van der Waals surface area contributed by atoms with Crippen molar-refractivity contribution in [2.24, 2.45) is 16.8 Å². The highest BCUT2D eigenvalue weighted by Crippen LogP contribution is 2.11. The molecule has 1 heterocycles. The Morgan fingerprint density at radius 2 is 1.91 bits per heavy atom. The number of morpholine rings is 1. The van der Waals surface area contributed by atoms with E-state index in [9.17, 15) is 4.79 Å². The summed E-state index contributed by atoms with van der Waals surface area (Å²) in [7, 11) is 0. The molecule has 1 unspecified atom stereocenters. The van der Waals surface area contributed by atoms with Crippen molar-refractivity contribution < 1.29 is 14.3 Å². The van der Waals surface area contributed by atoms with Crippen LogP contribution in [0, 0.1) is 11.8 Å². The van der Waals surface area contributed by atoms with Gasteiger partial charge in [0.2, 0.25) is 0 Å². The predicted octanol–water partition coefficient (Wildman–Crippen LogP) is 3.73. The molecule has 0 aromatic rings. The number of hydrogen-bond donors (Lipinski definition) is 0. The van der Waals surface area contributed by atoms with E-state index in [0.717, 1.165) is 25.3 Å². The van der Waals surface area contributed by atoms with E-state index in [1.54, 1.807) is 0 Å². The molecule has 1 rings (SSSR count). The van der Waals surface area contributed by atoms with Gasteiger partial charge >= 0.3 is 6.09 Å². The maximum Gasteiger partial charge on any atom is 0.435 e. The lowest BCUT2D eigenvalue weighted by molar-refractivity contribution is 0.0659. The highest BCUT2D eigenvalue weighted by atomic mass is 16.5. The minimum absolute atomic E-state index is 0.202. The Balaban J connectivity index is 2.43. The fourth-order valence-electron chi connectivity index (χ4n) is 2.52. The molecule has 5 heteroatoms. The molecular weight excluding hydrogens is 280 g/mol. The van der Waals surface area contributed by atoms with Gasteiger partial charge in [-0.15, -0.1) is 0 Å². The normalized spacial score (nSPS) is 17.7. The zero-order valence-electron chi connectivity index (χ0n) is 14.6. The van der Waals surface area contributed by atoms with Gasteiger partial charge in [0.25, 0.3) is 0 Å². The molecule has 0 aliphatic carbocycles. The van der Waals surface area contributed by atoms with E-state index in [0.29, 0.717) is 25.7 Å². The van der Waals surface area contributed by atoms with Crippen LogP contribution in [0.15, 0.2) is 4.99 Å². The maximum atomic E-state index is 12.0. The summed E-state index contributed by atoms with van der Waals surface area (Å²) in [6.07, 6.45) is 4.30. The van der Waals surface area contributed by atoms with Gasteiger partial charge in [-0.05, 0) is 12.3 Å². The number of amidine groups is 1. The molecule has 5 nitrogen and oxygen atoms in total. The first-order valence-electron chi connectivity index (χ1n) is 8.62. The van der Waals surface area contributed by atoms with Crippen LogP contribution >= 0.6 is 0 Å². The lowest BCUT2D eigenvalue weighted by Crippen LogP contribution is -2.43. The molecular formula is C17H32N2O3. The van der Waals surface area contributed by atoms with Crippen LogP contribution in [-0.4, -0.2) is 49.7 Å². The minimum Gasteiger partial charge on any atom is -0.448 e. The Bertz CT molecular complexity index is 350. The smallest absolute Gasteiger partial charge is 0.435 e. The summed E-state index contributed by atoms with van der Waals surface area (Å²) in [5.41, 5.74) is 0. The number of carbonyl (C=O) groups excluding carboxylic acids is 1. The maximum absolute atomic E-state index is 12.0. The predicted molar refractivity (Wildman–Crippen MR) is 89.3 cm³/mol. The molecule has 0 aromatic carbocycles. The van der Waals surface area contributed by atoms with E-state index in [4.69, 9.17) is 9.47 Å². The Hall–Kier alpha value is -1.10. The second-order valence-electron chi connectivity index (χ2n) is 6.40. The monoisotopic (exact) mass is 312 g/mol. The van der Waals surface area contributed by atoms with Crippen LogP contribution in [0.5, 0.6) is 0 Å². The molecule has 0 radical (unpaired) electrons. The molecule has 1 aliphatic rings. The molecule has 1 aliphatic heterocycles. The Morgan fingerprint density at radius 1 is 1.23 bits per heavy atom. The van der Waals surface area contributed by atoms with Crippen LogP contribution in [-0.2, 0) is 9.47 Å². The zero-order valence-corrected chi connectivity index (χ0v) is 14.6. The second-order valence-corrected chi connectivity index (χ2v) is 6.40. The summed E-state index contributed by atoms with van der Waals surface area (Å²) < 4.78 is 10.7. The molecule has 0 aromatic heterocycles. The van der Waals surface area contributed by atoms with Crippen molar-refractivity contribution in [2.45, 2.75) is 53.4 Å². The Morgan fingerprint density at radius 3 is 2.50 bits per heavy atom. The summed E-state index contributed by atoms with van der Waals surface area (Å²) in [5.74, 6) is 1.41. The van der Waals surface area contributed by atoms with Gasteiger partial charge in [0.15, 0.2) is 0 Å². The molecule has 1 fully saturated rings. The third-order valence-electron chi connectivity index (χ3n) is 3.85. The van der Waals surface area contributed by atoms with Crippen LogP contribution in [0.2, 0.25) is 0 Å². The van der Waals surface area contributed by atoms with Crippen molar-refractivity contribution in [1.29, 1.82) is 0 Å². The topological polar surface area (TPSA) is 51.1 Å². The quantitative estimate of drug-likeness (QED) is 0.408. The summed E-state index contributed by atoms with van der Waals surface area (Å²) in [5, 5.41) is 0. The highest BCUT2D eigenvalue weighted by molar-refractivity contribution is 5.93. The number of carbonyl (C=O) groups is 1. The van der Waals surface area contributed by atoms with Crippen molar-refractivity contribution in [1.82, 2.24) is 4.90 Å². The third-order valence-corrected chi connectivity index (χ3v) is 3.85. The zero-order chi connectivity index (χ0) is 16.4.